The van der Waals surface area contributed by atoms with E-state index in [0.717, 1.165) is 5.56 Å². The van der Waals surface area contributed by atoms with Crippen LogP contribution in [0.15, 0.2) is 47.4 Å². The molecule has 0 aliphatic rings. The summed E-state index contributed by atoms with van der Waals surface area (Å²) in [5.41, 5.74) is 1.06. The van der Waals surface area contributed by atoms with Gasteiger partial charge in [0.1, 0.15) is 16.4 Å². The maximum Gasteiger partial charge on any atom is 0.251 e. The predicted octanol–water partition coefficient (Wildman–Crippen LogP) is 3.23. The van der Waals surface area contributed by atoms with Crippen molar-refractivity contribution in [2.24, 2.45) is 0 Å². The Morgan fingerprint density at radius 3 is 2.24 bits per heavy atom. The third-order valence-electron chi connectivity index (χ3n) is 4.70. The van der Waals surface area contributed by atoms with Crippen LogP contribution in [0.5, 0.6) is 11.5 Å². The van der Waals surface area contributed by atoms with E-state index in [4.69, 9.17) is 9.47 Å². The van der Waals surface area contributed by atoms with E-state index in [0.29, 0.717) is 18.8 Å². The van der Waals surface area contributed by atoms with Crippen LogP contribution in [0, 0.1) is 0 Å². The Labute approximate surface area is 172 Å². The van der Waals surface area contributed by atoms with Crippen LogP contribution in [0.2, 0.25) is 0 Å². The van der Waals surface area contributed by atoms with E-state index < -0.39 is 10.0 Å². The number of nitrogens with one attached hydrogen (secondary N) is 1. The summed E-state index contributed by atoms with van der Waals surface area (Å²) in [5, 5.41) is 2.89. The molecule has 0 heterocycles. The SMILES string of the molecule is CCN(CC)S(=O)(=O)c1cc(C(=O)NC(C)c2ccccc2OC)ccc1OC. The summed E-state index contributed by atoms with van der Waals surface area (Å²) in [6, 6.07) is 11.5. The van der Waals surface area contributed by atoms with Crippen LogP contribution in [0.4, 0.5) is 0 Å². The lowest BCUT2D eigenvalue weighted by Gasteiger charge is -2.21. The third kappa shape index (κ3) is 4.89. The number of hydrogen-bond acceptors (Lipinski definition) is 5. The number of sulfonamides is 1. The minimum absolute atomic E-state index is 0.0266. The van der Waals surface area contributed by atoms with Gasteiger partial charge in [0.25, 0.3) is 5.91 Å². The Balaban J connectivity index is 2.37. The molecular formula is C21H28N2O5S. The molecule has 0 bridgehead atoms. The Morgan fingerprint density at radius 2 is 1.66 bits per heavy atom. The molecular weight excluding hydrogens is 392 g/mol. The van der Waals surface area contributed by atoms with E-state index in [1.807, 2.05) is 31.2 Å². The minimum atomic E-state index is -3.78. The highest BCUT2D eigenvalue weighted by Crippen LogP contribution is 2.29. The molecule has 0 spiro atoms. The third-order valence-corrected chi connectivity index (χ3v) is 6.77. The molecule has 1 N–H and O–H groups in total. The van der Waals surface area contributed by atoms with Crippen molar-refractivity contribution in [3.63, 3.8) is 0 Å². The highest BCUT2D eigenvalue weighted by Gasteiger charge is 2.27. The summed E-state index contributed by atoms with van der Waals surface area (Å²) in [7, 11) is -0.809. The van der Waals surface area contributed by atoms with Gasteiger partial charge in [-0.15, -0.1) is 0 Å². The Morgan fingerprint density at radius 1 is 1.03 bits per heavy atom. The molecule has 1 unspecified atom stereocenters. The molecule has 0 aromatic heterocycles. The fraction of sp³-hybridized carbons (Fsp3) is 0.381. The first kappa shape index (κ1) is 22.7. The van der Waals surface area contributed by atoms with Crippen molar-refractivity contribution in [1.82, 2.24) is 9.62 Å². The molecule has 8 heteroatoms. The average molecular weight is 421 g/mol. The van der Waals surface area contributed by atoms with Crippen LogP contribution < -0.4 is 14.8 Å². The molecule has 2 aromatic rings. The van der Waals surface area contributed by atoms with Gasteiger partial charge in [0.15, 0.2) is 0 Å². The average Bonchev–Trinajstić information content (AvgIpc) is 2.73. The smallest absolute Gasteiger partial charge is 0.251 e. The second-order valence-electron chi connectivity index (χ2n) is 6.39. The zero-order valence-corrected chi connectivity index (χ0v) is 18.2. The van der Waals surface area contributed by atoms with Gasteiger partial charge < -0.3 is 14.8 Å². The molecule has 0 aliphatic carbocycles. The van der Waals surface area contributed by atoms with E-state index in [9.17, 15) is 13.2 Å². The van der Waals surface area contributed by atoms with Crippen molar-refractivity contribution < 1.29 is 22.7 Å². The molecule has 158 valence electrons. The number of amides is 1. The standard InChI is InChI=1S/C21H28N2O5S/c1-6-23(7-2)29(25,26)20-14-16(12-13-19(20)28-5)21(24)22-15(3)17-10-8-9-11-18(17)27-4/h8-15H,6-7H2,1-5H3,(H,22,24). The second-order valence-corrected chi connectivity index (χ2v) is 8.30. The monoisotopic (exact) mass is 420 g/mol. The summed E-state index contributed by atoms with van der Waals surface area (Å²) in [5.74, 6) is 0.480. The highest BCUT2D eigenvalue weighted by atomic mass is 32.2. The van der Waals surface area contributed by atoms with E-state index in [-0.39, 0.29) is 28.2 Å². The molecule has 0 saturated carbocycles. The molecule has 0 fully saturated rings. The van der Waals surface area contributed by atoms with Crippen molar-refractivity contribution in [3.8, 4) is 11.5 Å². The molecule has 1 atom stereocenters. The lowest BCUT2D eigenvalue weighted by atomic mass is 10.1. The summed E-state index contributed by atoms with van der Waals surface area (Å²) in [6.45, 7) is 6.01. The zero-order valence-electron chi connectivity index (χ0n) is 17.4. The normalized spacial score (nSPS) is 12.5. The van der Waals surface area contributed by atoms with Crippen LogP contribution in [0.1, 0.15) is 42.7 Å². The summed E-state index contributed by atoms with van der Waals surface area (Å²) < 4.78 is 37.8. The molecule has 7 nitrogen and oxygen atoms in total. The molecule has 2 rings (SSSR count). The molecule has 1 amide bonds. The van der Waals surface area contributed by atoms with Gasteiger partial charge in [-0.3, -0.25) is 4.79 Å². The van der Waals surface area contributed by atoms with Gasteiger partial charge in [-0.2, -0.15) is 4.31 Å². The highest BCUT2D eigenvalue weighted by molar-refractivity contribution is 7.89. The predicted molar refractivity (Wildman–Crippen MR) is 112 cm³/mol. The zero-order chi connectivity index (χ0) is 21.6. The number of para-hydroxylation sites is 1. The number of methoxy groups -OCH3 is 2. The number of benzene rings is 2. The van der Waals surface area contributed by atoms with Crippen LogP contribution in [0.3, 0.4) is 0 Å². The molecule has 2 aromatic carbocycles. The number of nitrogens with zero attached hydrogens (tertiary/aromatic N) is 1. The van der Waals surface area contributed by atoms with Crippen molar-refractivity contribution in [3.05, 3.63) is 53.6 Å². The molecule has 29 heavy (non-hydrogen) atoms. The Bertz CT molecular complexity index is 955. The van der Waals surface area contributed by atoms with Crippen molar-refractivity contribution in [2.45, 2.75) is 31.7 Å². The van der Waals surface area contributed by atoms with Gasteiger partial charge in [0.05, 0.1) is 20.3 Å². The fourth-order valence-electron chi connectivity index (χ4n) is 3.10. The van der Waals surface area contributed by atoms with Gasteiger partial charge >= 0.3 is 0 Å². The maximum absolute atomic E-state index is 13.0. The van der Waals surface area contributed by atoms with Crippen LogP contribution >= 0.6 is 0 Å². The van der Waals surface area contributed by atoms with Gasteiger partial charge in [-0.1, -0.05) is 32.0 Å². The first-order chi connectivity index (χ1) is 13.8. The number of carbonyl (C=O) groups excluding carboxylic acids is 1. The molecule has 0 radical (unpaired) electrons. The Kier molecular flexibility index (Phi) is 7.64. The summed E-state index contributed by atoms with van der Waals surface area (Å²) in [4.78, 5) is 12.8. The van der Waals surface area contributed by atoms with Crippen LogP contribution in [0.25, 0.3) is 0 Å². The maximum atomic E-state index is 13.0. The number of rotatable bonds is 9. The van der Waals surface area contributed by atoms with Gasteiger partial charge in [-0.25, -0.2) is 8.42 Å². The lowest BCUT2D eigenvalue weighted by Crippen LogP contribution is -2.31. The molecule has 0 aliphatic heterocycles. The number of carbonyl (C=O) groups is 1. The van der Waals surface area contributed by atoms with Gasteiger partial charge in [0, 0.05) is 24.2 Å². The fourth-order valence-corrected chi connectivity index (χ4v) is 4.74. The first-order valence-corrected chi connectivity index (χ1v) is 10.9. The summed E-state index contributed by atoms with van der Waals surface area (Å²) in [6.07, 6.45) is 0. The lowest BCUT2D eigenvalue weighted by molar-refractivity contribution is 0.0939. The quantitative estimate of drug-likeness (QED) is 0.673. The van der Waals surface area contributed by atoms with Crippen LogP contribution in [-0.4, -0.2) is 45.9 Å². The van der Waals surface area contributed by atoms with Crippen molar-refractivity contribution in [1.29, 1.82) is 0 Å². The topological polar surface area (TPSA) is 84.9 Å². The number of hydrogen-bond donors (Lipinski definition) is 1. The van der Waals surface area contributed by atoms with Crippen molar-refractivity contribution in [2.75, 3.05) is 27.3 Å². The minimum Gasteiger partial charge on any atom is -0.496 e. The van der Waals surface area contributed by atoms with E-state index >= 15 is 0 Å². The summed E-state index contributed by atoms with van der Waals surface area (Å²) >= 11 is 0. The van der Waals surface area contributed by atoms with E-state index in [2.05, 4.69) is 5.32 Å². The first-order valence-electron chi connectivity index (χ1n) is 9.42. The molecule has 0 saturated heterocycles. The van der Waals surface area contributed by atoms with Crippen LogP contribution in [-0.2, 0) is 10.0 Å². The van der Waals surface area contributed by atoms with E-state index in [1.165, 1.54) is 23.5 Å². The Hall–Kier alpha value is -2.58. The largest absolute Gasteiger partial charge is 0.496 e. The van der Waals surface area contributed by atoms with E-state index in [1.54, 1.807) is 27.0 Å². The van der Waals surface area contributed by atoms with Gasteiger partial charge in [0.2, 0.25) is 10.0 Å². The number of ether oxygens (including phenoxy) is 2. The second kappa shape index (κ2) is 9.76. The van der Waals surface area contributed by atoms with Gasteiger partial charge in [-0.05, 0) is 31.2 Å². The van der Waals surface area contributed by atoms with Crippen molar-refractivity contribution >= 4 is 15.9 Å².